The lowest BCUT2D eigenvalue weighted by Gasteiger charge is -2.48. The highest BCUT2D eigenvalue weighted by atomic mass is 35.5. The van der Waals surface area contributed by atoms with Gasteiger partial charge >= 0.3 is 6.09 Å². The van der Waals surface area contributed by atoms with Crippen LogP contribution in [0.3, 0.4) is 0 Å². The van der Waals surface area contributed by atoms with Crippen LogP contribution in [-0.2, 0) is 15.5 Å². The Labute approximate surface area is 198 Å². The van der Waals surface area contributed by atoms with E-state index in [0.29, 0.717) is 17.7 Å². The molecule has 0 saturated carbocycles. The summed E-state index contributed by atoms with van der Waals surface area (Å²) in [6.45, 7) is 7.84. The van der Waals surface area contributed by atoms with Crippen molar-refractivity contribution < 1.29 is 22.9 Å². The zero-order valence-electron chi connectivity index (χ0n) is 19.0. The van der Waals surface area contributed by atoms with Gasteiger partial charge in [0.1, 0.15) is 28.4 Å². The molecule has 2 aromatic heterocycles. The fourth-order valence-corrected chi connectivity index (χ4v) is 5.72. The molecule has 1 unspecified atom stereocenters. The molecule has 0 aliphatic carbocycles. The van der Waals surface area contributed by atoms with Crippen LogP contribution in [0.15, 0.2) is 5.16 Å². The predicted molar refractivity (Wildman–Crippen MR) is 121 cm³/mol. The summed E-state index contributed by atoms with van der Waals surface area (Å²) in [5.74, 6) is -0.282. The molecule has 5 heterocycles. The zero-order valence-corrected chi connectivity index (χ0v) is 20.5. The number of hydrogen-bond acceptors (Lipinski definition) is 8. The maximum absolute atomic E-state index is 15.0. The van der Waals surface area contributed by atoms with Crippen LogP contribution in [0, 0.1) is 5.82 Å². The fourth-order valence-electron chi connectivity index (χ4n) is 5.12. The maximum atomic E-state index is 15.0. The number of carbonyl (C=O) groups excluding carboxylic acids is 1. The second kappa shape index (κ2) is 7.63. The van der Waals surface area contributed by atoms with E-state index in [0.717, 1.165) is 12.8 Å². The standard InChI is InChI=1S/C21H25ClFN5O4S/c1-9-15-11-7-6-10(28(11)20(29)32-21(2,3)4)8-27(15)17-12-14(24-19(26-17)33(5)30)13(23)16(22)25-18(12)31-9/h9-11,15H,6-8H2,1-5H3/t9-,10+,11-,15+,33?/m0/s1. The summed E-state index contributed by atoms with van der Waals surface area (Å²) in [5.41, 5.74) is -0.693. The molecule has 2 bridgehead atoms. The van der Waals surface area contributed by atoms with Crippen molar-refractivity contribution >= 4 is 45.2 Å². The van der Waals surface area contributed by atoms with Crippen LogP contribution >= 0.6 is 11.6 Å². The molecular weight excluding hydrogens is 473 g/mol. The quantitative estimate of drug-likeness (QED) is 0.437. The van der Waals surface area contributed by atoms with Crippen molar-refractivity contribution in [2.75, 3.05) is 17.7 Å². The Bertz CT molecular complexity index is 1190. The molecule has 0 aromatic carbocycles. The molecule has 0 radical (unpaired) electrons. The first-order valence-corrected chi connectivity index (χ1v) is 12.7. The van der Waals surface area contributed by atoms with Gasteiger partial charge in [0.05, 0.1) is 28.9 Å². The first-order valence-electron chi connectivity index (χ1n) is 10.8. The summed E-state index contributed by atoms with van der Waals surface area (Å²) in [5, 5.41) is -0.0793. The largest absolute Gasteiger partial charge is 0.472 e. The molecule has 0 N–H and O–H groups in total. The fraction of sp³-hybridized carbons (Fsp3) is 0.619. The summed E-state index contributed by atoms with van der Waals surface area (Å²) >= 11 is 6.04. The Kier molecular flexibility index (Phi) is 5.20. The molecule has 3 aliphatic heterocycles. The molecular formula is C21H25ClFN5O4S. The van der Waals surface area contributed by atoms with Crippen LogP contribution in [0.5, 0.6) is 5.88 Å². The average Bonchev–Trinajstić information content (AvgIpc) is 2.96. The number of fused-ring (bicyclic) bond motifs is 5. The van der Waals surface area contributed by atoms with Gasteiger partial charge < -0.3 is 14.4 Å². The number of ether oxygens (including phenoxy) is 2. The van der Waals surface area contributed by atoms with E-state index in [-0.39, 0.29) is 45.9 Å². The third-order valence-electron chi connectivity index (χ3n) is 6.29. The molecule has 5 rings (SSSR count). The minimum absolute atomic E-state index is 0.000149. The van der Waals surface area contributed by atoms with Crippen LogP contribution in [0.1, 0.15) is 40.5 Å². The van der Waals surface area contributed by atoms with Crippen LogP contribution in [0.4, 0.5) is 15.0 Å². The van der Waals surface area contributed by atoms with Gasteiger partial charge in [-0.3, -0.25) is 9.11 Å². The molecule has 178 valence electrons. The average molecular weight is 498 g/mol. The molecule has 2 saturated heterocycles. The molecule has 5 atom stereocenters. The third-order valence-corrected chi connectivity index (χ3v) is 7.24. The van der Waals surface area contributed by atoms with Gasteiger partial charge in [-0.25, -0.2) is 19.2 Å². The lowest BCUT2D eigenvalue weighted by molar-refractivity contribution is 0.000949. The smallest absolute Gasteiger partial charge is 0.410 e. The number of amides is 1. The molecule has 12 heteroatoms. The summed E-state index contributed by atoms with van der Waals surface area (Å²) in [6, 6.07) is -0.618. The van der Waals surface area contributed by atoms with Gasteiger partial charge in [-0.15, -0.1) is 0 Å². The molecule has 2 aromatic rings. The van der Waals surface area contributed by atoms with Crippen LogP contribution in [0.2, 0.25) is 5.15 Å². The lowest BCUT2D eigenvalue weighted by atomic mass is 9.98. The molecule has 1 amide bonds. The van der Waals surface area contributed by atoms with E-state index in [2.05, 4.69) is 15.0 Å². The third kappa shape index (κ3) is 3.60. The zero-order chi connectivity index (χ0) is 23.8. The number of aromatic nitrogens is 3. The van der Waals surface area contributed by atoms with Gasteiger partial charge in [-0.2, -0.15) is 4.98 Å². The Hall–Kier alpha value is -2.27. The number of hydrogen-bond donors (Lipinski definition) is 0. The Morgan fingerprint density at radius 1 is 1.27 bits per heavy atom. The highest BCUT2D eigenvalue weighted by molar-refractivity contribution is 7.84. The van der Waals surface area contributed by atoms with Crippen molar-refractivity contribution in [2.24, 2.45) is 0 Å². The van der Waals surface area contributed by atoms with Gasteiger partial charge in [0.25, 0.3) is 0 Å². The SMILES string of the molecule is C[C@@H]1Oc2nc(Cl)c(F)c3nc(S(C)=O)nc(c23)N2C[C@H]3CC[C@@H]([C@@H]12)N3C(=O)OC(C)(C)C. The molecule has 33 heavy (non-hydrogen) atoms. The predicted octanol–water partition coefficient (Wildman–Crippen LogP) is 3.29. The van der Waals surface area contributed by atoms with Gasteiger partial charge in [-0.1, -0.05) is 11.6 Å². The van der Waals surface area contributed by atoms with Crippen molar-refractivity contribution in [1.82, 2.24) is 19.9 Å². The van der Waals surface area contributed by atoms with Crippen LogP contribution < -0.4 is 9.64 Å². The highest BCUT2D eigenvalue weighted by Crippen LogP contribution is 2.45. The van der Waals surface area contributed by atoms with E-state index in [1.165, 1.54) is 6.26 Å². The summed E-state index contributed by atoms with van der Waals surface area (Å²) < 4.78 is 39.1. The van der Waals surface area contributed by atoms with E-state index < -0.39 is 28.3 Å². The number of nitrogens with zero attached hydrogens (tertiary/aromatic N) is 5. The summed E-state index contributed by atoms with van der Waals surface area (Å²) in [6.07, 6.45) is 2.20. The van der Waals surface area contributed by atoms with Crippen molar-refractivity contribution in [1.29, 1.82) is 0 Å². The van der Waals surface area contributed by atoms with Crippen molar-refractivity contribution in [3.8, 4) is 5.88 Å². The lowest BCUT2D eigenvalue weighted by Crippen LogP contribution is -2.65. The Morgan fingerprint density at radius 3 is 2.67 bits per heavy atom. The first kappa shape index (κ1) is 22.5. The number of pyridine rings is 1. The van der Waals surface area contributed by atoms with E-state index >= 15 is 0 Å². The second-order valence-corrected chi connectivity index (χ2v) is 11.3. The molecule has 2 fully saturated rings. The van der Waals surface area contributed by atoms with Crippen molar-refractivity contribution in [2.45, 2.75) is 75.5 Å². The van der Waals surface area contributed by atoms with Gasteiger partial charge in [0, 0.05) is 12.8 Å². The molecule has 9 nitrogen and oxygen atoms in total. The van der Waals surface area contributed by atoms with E-state index in [1.807, 2.05) is 32.6 Å². The van der Waals surface area contributed by atoms with E-state index in [4.69, 9.17) is 21.1 Å². The van der Waals surface area contributed by atoms with Crippen LogP contribution in [0.25, 0.3) is 10.9 Å². The summed E-state index contributed by atoms with van der Waals surface area (Å²) in [4.78, 5) is 29.8. The number of halogens is 2. The van der Waals surface area contributed by atoms with E-state index in [1.54, 1.807) is 4.90 Å². The van der Waals surface area contributed by atoms with Gasteiger partial charge in [0.2, 0.25) is 11.0 Å². The molecule has 3 aliphatic rings. The minimum atomic E-state index is -1.55. The number of rotatable bonds is 1. The number of piperazine rings is 1. The first-order chi connectivity index (χ1) is 15.5. The van der Waals surface area contributed by atoms with E-state index in [9.17, 15) is 13.4 Å². The minimum Gasteiger partial charge on any atom is -0.472 e. The normalized spacial score (nSPS) is 27.1. The highest BCUT2D eigenvalue weighted by Gasteiger charge is 2.53. The van der Waals surface area contributed by atoms with Crippen LogP contribution in [-0.4, -0.2) is 72.8 Å². The number of anilines is 1. The Morgan fingerprint density at radius 2 is 2.00 bits per heavy atom. The van der Waals surface area contributed by atoms with Crippen molar-refractivity contribution in [3.63, 3.8) is 0 Å². The number of carbonyl (C=O) groups is 1. The maximum Gasteiger partial charge on any atom is 0.410 e. The second-order valence-electron chi connectivity index (χ2n) is 9.68. The van der Waals surface area contributed by atoms with Gasteiger partial charge in [0.15, 0.2) is 11.0 Å². The molecule has 0 spiro atoms. The van der Waals surface area contributed by atoms with Gasteiger partial charge in [-0.05, 0) is 40.5 Å². The monoisotopic (exact) mass is 497 g/mol. The topological polar surface area (TPSA) is 97.7 Å². The Balaban J connectivity index is 1.66. The van der Waals surface area contributed by atoms with Crippen molar-refractivity contribution in [3.05, 3.63) is 11.0 Å². The summed E-state index contributed by atoms with van der Waals surface area (Å²) in [7, 11) is -1.55.